The molecule has 0 aliphatic rings. The van der Waals surface area contributed by atoms with Crippen molar-refractivity contribution >= 4 is 33.1 Å². The fraction of sp³-hybridized carbons (Fsp3) is 0. The predicted octanol–water partition coefficient (Wildman–Crippen LogP) is 1.49. The topological polar surface area (TPSA) is 38.9 Å². The summed E-state index contributed by atoms with van der Waals surface area (Å²) in [5, 5.41) is 1.78. The number of anilines is 1. The molecule has 4 heteroatoms. The number of nitrogen functional groups attached to an aromatic ring is 1. The van der Waals surface area contributed by atoms with E-state index in [0.717, 1.165) is 4.60 Å². The lowest BCUT2D eigenvalue weighted by Gasteiger charge is -1.76. The normalized spacial score (nSPS) is 9.29. The highest BCUT2D eigenvalue weighted by Gasteiger charge is 1.92. The minimum absolute atomic E-state index is 0.713. The standard InChI is InChI=1S/C3H3BrN2S/c4-3-2(5)1-7-6-3/h1H,5H2. The van der Waals surface area contributed by atoms with E-state index in [0.29, 0.717) is 5.69 Å². The molecule has 0 atom stereocenters. The molecule has 0 aromatic carbocycles. The van der Waals surface area contributed by atoms with Crippen LogP contribution >= 0.6 is 27.5 Å². The van der Waals surface area contributed by atoms with Gasteiger partial charge in [0.25, 0.3) is 0 Å². The average molecular weight is 179 g/mol. The number of halogens is 1. The lowest BCUT2D eigenvalue weighted by atomic mass is 10.6. The molecule has 0 radical (unpaired) electrons. The predicted molar refractivity (Wildman–Crippen MR) is 34.2 cm³/mol. The number of nitrogens with zero attached hydrogens (tertiary/aromatic N) is 1. The summed E-state index contributed by atoms with van der Waals surface area (Å²) in [6.45, 7) is 0. The fourth-order valence-corrected chi connectivity index (χ4v) is 1.22. The highest BCUT2D eigenvalue weighted by atomic mass is 79.9. The maximum absolute atomic E-state index is 5.34. The first kappa shape index (κ1) is 5.05. The van der Waals surface area contributed by atoms with E-state index in [1.165, 1.54) is 11.5 Å². The summed E-state index contributed by atoms with van der Waals surface area (Å²) in [5.74, 6) is 0. The molecule has 7 heavy (non-hydrogen) atoms. The van der Waals surface area contributed by atoms with Crippen LogP contribution in [-0.2, 0) is 0 Å². The van der Waals surface area contributed by atoms with Crippen molar-refractivity contribution in [3.8, 4) is 0 Å². The van der Waals surface area contributed by atoms with E-state index in [1.807, 2.05) is 0 Å². The smallest absolute Gasteiger partial charge is 0.142 e. The van der Waals surface area contributed by atoms with Crippen LogP contribution in [0.15, 0.2) is 9.98 Å². The number of aromatic nitrogens is 1. The summed E-state index contributed by atoms with van der Waals surface area (Å²) in [5.41, 5.74) is 6.05. The number of hydrogen-bond acceptors (Lipinski definition) is 3. The van der Waals surface area contributed by atoms with Crippen LogP contribution in [0.3, 0.4) is 0 Å². The van der Waals surface area contributed by atoms with Crippen LogP contribution in [0.2, 0.25) is 0 Å². The van der Waals surface area contributed by atoms with Gasteiger partial charge in [0.1, 0.15) is 4.60 Å². The summed E-state index contributed by atoms with van der Waals surface area (Å²) in [4.78, 5) is 0. The molecule has 38 valence electrons. The molecule has 0 spiro atoms. The zero-order valence-electron chi connectivity index (χ0n) is 3.39. The van der Waals surface area contributed by atoms with Gasteiger partial charge in [-0.1, -0.05) is 0 Å². The van der Waals surface area contributed by atoms with Crippen molar-refractivity contribution in [3.05, 3.63) is 9.98 Å². The molecular weight excluding hydrogens is 176 g/mol. The van der Waals surface area contributed by atoms with Gasteiger partial charge in [-0.3, -0.25) is 0 Å². The molecule has 2 nitrogen and oxygen atoms in total. The lowest BCUT2D eigenvalue weighted by Crippen LogP contribution is -1.78. The van der Waals surface area contributed by atoms with Gasteiger partial charge in [-0.2, -0.15) is 4.37 Å². The maximum Gasteiger partial charge on any atom is 0.142 e. The lowest BCUT2D eigenvalue weighted by molar-refractivity contribution is 1.50. The van der Waals surface area contributed by atoms with Crippen LogP contribution in [0.5, 0.6) is 0 Å². The van der Waals surface area contributed by atoms with Crippen molar-refractivity contribution in [2.45, 2.75) is 0 Å². The van der Waals surface area contributed by atoms with E-state index in [1.54, 1.807) is 5.38 Å². The third-order valence-electron chi connectivity index (χ3n) is 0.551. The van der Waals surface area contributed by atoms with Crippen molar-refractivity contribution in [2.24, 2.45) is 0 Å². The van der Waals surface area contributed by atoms with Crippen molar-refractivity contribution in [2.75, 3.05) is 5.73 Å². The second-order valence-electron chi connectivity index (χ2n) is 1.06. The summed E-state index contributed by atoms with van der Waals surface area (Å²) >= 11 is 4.48. The Morgan fingerprint density at radius 2 is 2.57 bits per heavy atom. The SMILES string of the molecule is Nc1csnc1Br. The average Bonchev–Trinajstić information content (AvgIpc) is 1.91. The maximum atomic E-state index is 5.34. The molecule has 1 heterocycles. The van der Waals surface area contributed by atoms with Gasteiger partial charge in [0, 0.05) is 5.38 Å². The first-order valence-corrected chi connectivity index (χ1v) is 3.29. The quantitative estimate of drug-likeness (QED) is 0.655. The number of rotatable bonds is 0. The van der Waals surface area contributed by atoms with Gasteiger partial charge in [-0.25, -0.2) is 0 Å². The molecule has 1 aromatic heterocycles. The van der Waals surface area contributed by atoms with E-state index in [4.69, 9.17) is 5.73 Å². The van der Waals surface area contributed by atoms with Gasteiger partial charge < -0.3 is 5.73 Å². The summed E-state index contributed by atoms with van der Waals surface area (Å²) < 4.78 is 4.60. The van der Waals surface area contributed by atoms with Gasteiger partial charge in [0.05, 0.1) is 5.69 Å². The molecule has 0 bridgehead atoms. The Hall–Kier alpha value is -0.0900. The Balaban J connectivity index is 3.12. The molecule has 0 saturated heterocycles. The Morgan fingerprint density at radius 3 is 2.71 bits per heavy atom. The van der Waals surface area contributed by atoms with Gasteiger partial charge in [-0.15, -0.1) is 0 Å². The summed E-state index contributed by atoms with van der Waals surface area (Å²) in [6, 6.07) is 0. The van der Waals surface area contributed by atoms with Crippen LogP contribution in [0.1, 0.15) is 0 Å². The highest BCUT2D eigenvalue weighted by Crippen LogP contribution is 2.17. The molecule has 1 rings (SSSR count). The van der Waals surface area contributed by atoms with Gasteiger partial charge in [0.15, 0.2) is 0 Å². The number of nitrogens with two attached hydrogens (primary N) is 1. The molecule has 0 unspecified atom stereocenters. The Kier molecular flexibility index (Phi) is 1.30. The van der Waals surface area contributed by atoms with Gasteiger partial charge in [-0.05, 0) is 27.5 Å². The molecule has 1 aromatic rings. The van der Waals surface area contributed by atoms with E-state index in [-0.39, 0.29) is 0 Å². The zero-order valence-corrected chi connectivity index (χ0v) is 5.79. The molecule has 0 amide bonds. The van der Waals surface area contributed by atoms with Crippen LogP contribution in [-0.4, -0.2) is 4.37 Å². The first-order valence-electron chi connectivity index (χ1n) is 1.66. The minimum atomic E-state index is 0.713. The van der Waals surface area contributed by atoms with Crippen molar-refractivity contribution < 1.29 is 0 Å². The molecular formula is C3H3BrN2S. The second-order valence-corrected chi connectivity index (χ2v) is 2.44. The van der Waals surface area contributed by atoms with Crippen molar-refractivity contribution in [1.29, 1.82) is 0 Å². The van der Waals surface area contributed by atoms with Crippen LogP contribution in [0, 0.1) is 0 Å². The third-order valence-corrected chi connectivity index (χ3v) is 2.07. The largest absolute Gasteiger partial charge is 0.396 e. The number of hydrogen-bond donors (Lipinski definition) is 1. The molecule has 2 N–H and O–H groups in total. The Labute approximate surface area is 53.6 Å². The first-order chi connectivity index (χ1) is 3.30. The van der Waals surface area contributed by atoms with E-state index in [9.17, 15) is 0 Å². The summed E-state index contributed by atoms with van der Waals surface area (Å²) in [6.07, 6.45) is 0. The van der Waals surface area contributed by atoms with Crippen molar-refractivity contribution in [3.63, 3.8) is 0 Å². The molecule has 0 aliphatic carbocycles. The third kappa shape index (κ3) is 0.920. The monoisotopic (exact) mass is 178 g/mol. The van der Waals surface area contributed by atoms with Crippen LogP contribution in [0.4, 0.5) is 5.69 Å². The van der Waals surface area contributed by atoms with Crippen LogP contribution in [0.25, 0.3) is 0 Å². The fourth-order valence-electron chi connectivity index (χ4n) is 0.231. The Morgan fingerprint density at radius 1 is 1.86 bits per heavy atom. The Bertz CT molecular complexity index is 145. The zero-order chi connectivity index (χ0) is 5.28. The minimum Gasteiger partial charge on any atom is -0.396 e. The molecule has 0 saturated carbocycles. The molecule has 0 aliphatic heterocycles. The summed E-state index contributed by atoms with van der Waals surface area (Å²) in [7, 11) is 0. The highest BCUT2D eigenvalue weighted by molar-refractivity contribution is 9.10. The van der Waals surface area contributed by atoms with E-state index < -0.39 is 0 Å². The van der Waals surface area contributed by atoms with Crippen molar-refractivity contribution in [1.82, 2.24) is 4.37 Å². The van der Waals surface area contributed by atoms with Crippen LogP contribution < -0.4 is 5.73 Å². The second kappa shape index (κ2) is 1.79. The van der Waals surface area contributed by atoms with Gasteiger partial charge in [0.2, 0.25) is 0 Å². The van der Waals surface area contributed by atoms with Gasteiger partial charge >= 0.3 is 0 Å². The van der Waals surface area contributed by atoms with E-state index in [2.05, 4.69) is 20.3 Å². The molecule has 0 fully saturated rings. The van der Waals surface area contributed by atoms with E-state index >= 15 is 0 Å².